The van der Waals surface area contributed by atoms with Crippen molar-refractivity contribution in [1.29, 1.82) is 0 Å². The van der Waals surface area contributed by atoms with E-state index in [1.807, 2.05) is 0 Å². The molecule has 1 aliphatic carbocycles. The van der Waals surface area contributed by atoms with Crippen LogP contribution in [0.25, 0.3) is 0 Å². The predicted molar refractivity (Wildman–Crippen MR) is 46.4 cm³/mol. The largest absolute Gasteiger partial charge is 0.321 e. The first kappa shape index (κ1) is 10.7. The van der Waals surface area contributed by atoms with Crippen LogP contribution < -0.4 is 5.73 Å². The summed E-state index contributed by atoms with van der Waals surface area (Å²) in [6.07, 6.45) is 0.586. The topological polar surface area (TPSA) is 26.0 Å². The summed E-state index contributed by atoms with van der Waals surface area (Å²) in [6, 6.07) is 0. The maximum absolute atomic E-state index is 13.3. The Morgan fingerprint density at radius 3 is 1.67 bits per heavy atom. The van der Waals surface area contributed by atoms with Gasteiger partial charge in [-0.1, -0.05) is 11.6 Å². The van der Waals surface area contributed by atoms with Gasteiger partial charge in [0.15, 0.2) is 23.3 Å². The first-order valence-electron chi connectivity index (χ1n) is 4.19. The average Bonchev–Trinajstić information content (AvgIpc) is 2.91. The first-order valence-corrected chi connectivity index (χ1v) is 4.57. The SMILES string of the molecule is NC1(c2c(F)c(F)c(Cl)c(F)c2F)CC1. The number of benzene rings is 1. The zero-order chi connectivity index (χ0) is 11.4. The quantitative estimate of drug-likeness (QED) is 0.455. The molecule has 2 N–H and O–H groups in total. The van der Waals surface area contributed by atoms with E-state index in [0.717, 1.165) is 0 Å². The number of halogens is 5. The lowest BCUT2D eigenvalue weighted by Crippen LogP contribution is -2.24. The van der Waals surface area contributed by atoms with Crippen molar-refractivity contribution in [2.75, 3.05) is 0 Å². The highest BCUT2D eigenvalue weighted by atomic mass is 35.5. The van der Waals surface area contributed by atoms with Gasteiger partial charge in [-0.25, -0.2) is 17.6 Å². The molecule has 0 saturated heterocycles. The smallest absolute Gasteiger partial charge is 0.180 e. The Hall–Kier alpha value is -0.810. The molecule has 15 heavy (non-hydrogen) atoms. The van der Waals surface area contributed by atoms with Gasteiger partial charge in [-0.05, 0) is 12.8 Å². The molecule has 1 saturated carbocycles. The van der Waals surface area contributed by atoms with Crippen molar-refractivity contribution < 1.29 is 17.6 Å². The van der Waals surface area contributed by atoms with E-state index in [1.54, 1.807) is 0 Å². The standard InChI is InChI=1S/C9H6ClF4N/c10-4-7(13)5(11)3(6(12)8(4)14)9(15)1-2-9/h1-2,15H2. The summed E-state index contributed by atoms with van der Waals surface area (Å²) in [7, 11) is 0. The van der Waals surface area contributed by atoms with Gasteiger partial charge in [-0.15, -0.1) is 0 Å². The van der Waals surface area contributed by atoms with E-state index in [2.05, 4.69) is 0 Å². The Morgan fingerprint density at radius 2 is 1.33 bits per heavy atom. The predicted octanol–water partition coefficient (Wildman–Crippen LogP) is 2.84. The number of rotatable bonds is 1. The summed E-state index contributed by atoms with van der Waals surface area (Å²) in [6.45, 7) is 0. The maximum atomic E-state index is 13.3. The fourth-order valence-electron chi connectivity index (χ4n) is 1.43. The lowest BCUT2D eigenvalue weighted by atomic mass is 10.0. The molecular weight excluding hydrogens is 234 g/mol. The van der Waals surface area contributed by atoms with Crippen LogP contribution in [-0.4, -0.2) is 0 Å². The molecule has 0 radical (unpaired) electrons. The van der Waals surface area contributed by atoms with Crippen LogP contribution in [0.15, 0.2) is 0 Å². The van der Waals surface area contributed by atoms with Gasteiger partial charge < -0.3 is 5.73 Å². The molecule has 1 aromatic rings. The molecule has 0 aromatic heterocycles. The molecule has 0 heterocycles. The average molecular weight is 240 g/mol. The van der Waals surface area contributed by atoms with Crippen LogP contribution >= 0.6 is 11.6 Å². The Bertz CT molecular complexity index is 413. The molecule has 1 nitrogen and oxygen atoms in total. The second-order valence-electron chi connectivity index (χ2n) is 3.60. The normalized spacial score (nSPS) is 18.0. The van der Waals surface area contributed by atoms with Gasteiger partial charge in [0.25, 0.3) is 0 Å². The minimum absolute atomic E-state index is 0.293. The summed E-state index contributed by atoms with van der Waals surface area (Å²) < 4.78 is 52.6. The second-order valence-corrected chi connectivity index (χ2v) is 3.98. The van der Waals surface area contributed by atoms with Gasteiger partial charge in [-0.3, -0.25) is 0 Å². The molecule has 1 aromatic carbocycles. The third-order valence-corrected chi connectivity index (χ3v) is 2.83. The van der Waals surface area contributed by atoms with Gasteiger partial charge in [0.2, 0.25) is 0 Å². The van der Waals surface area contributed by atoms with E-state index >= 15 is 0 Å². The van der Waals surface area contributed by atoms with Crippen molar-refractivity contribution in [3.05, 3.63) is 33.9 Å². The van der Waals surface area contributed by atoms with Crippen LogP contribution in [0.5, 0.6) is 0 Å². The third kappa shape index (κ3) is 1.41. The lowest BCUT2D eigenvalue weighted by molar-refractivity contribution is 0.424. The summed E-state index contributed by atoms with van der Waals surface area (Å²) in [5.74, 6) is -6.19. The first-order chi connectivity index (χ1) is 6.88. The summed E-state index contributed by atoms with van der Waals surface area (Å²) in [4.78, 5) is 0. The van der Waals surface area contributed by atoms with Crippen LogP contribution in [0.4, 0.5) is 17.6 Å². The molecule has 82 valence electrons. The van der Waals surface area contributed by atoms with Crippen LogP contribution in [0.2, 0.25) is 5.02 Å². The molecule has 1 fully saturated rings. The van der Waals surface area contributed by atoms with Gasteiger partial charge >= 0.3 is 0 Å². The summed E-state index contributed by atoms with van der Waals surface area (Å²) in [5, 5.41) is -1.18. The molecule has 2 rings (SSSR count). The summed E-state index contributed by atoms with van der Waals surface area (Å²) >= 11 is 5.06. The van der Waals surface area contributed by atoms with E-state index in [-0.39, 0.29) is 0 Å². The van der Waals surface area contributed by atoms with Crippen molar-refractivity contribution in [2.24, 2.45) is 5.73 Å². The molecular formula is C9H6ClF4N. The van der Waals surface area contributed by atoms with Crippen LogP contribution in [0.1, 0.15) is 18.4 Å². The fraction of sp³-hybridized carbons (Fsp3) is 0.333. The van der Waals surface area contributed by atoms with E-state index in [1.165, 1.54) is 0 Å². The minimum atomic E-state index is -1.60. The molecule has 0 unspecified atom stereocenters. The van der Waals surface area contributed by atoms with Crippen molar-refractivity contribution in [2.45, 2.75) is 18.4 Å². The highest BCUT2D eigenvalue weighted by Gasteiger charge is 2.46. The Labute approximate surface area is 87.8 Å². The Morgan fingerprint density at radius 1 is 0.933 bits per heavy atom. The number of nitrogens with two attached hydrogens (primary N) is 1. The van der Waals surface area contributed by atoms with Crippen molar-refractivity contribution in [3.63, 3.8) is 0 Å². The zero-order valence-corrected chi connectivity index (χ0v) is 8.14. The van der Waals surface area contributed by atoms with Gasteiger partial charge in [-0.2, -0.15) is 0 Å². The van der Waals surface area contributed by atoms with Crippen molar-refractivity contribution in [1.82, 2.24) is 0 Å². The van der Waals surface area contributed by atoms with E-state index in [4.69, 9.17) is 17.3 Å². The minimum Gasteiger partial charge on any atom is -0.321 e. The molecule has 6 heteroatoms. The van der Waals surface area contributed by atoms with Crippen LogP contribution in [0.3, 0.4) is 0 Å². The molecule has 0 spiro atoms. The molecule has 0 aliphatic heterocycles. The van der Waals surface area contributed by atoms with Crippen molar-refractivity contribution >= 4 is 11.6 Å². The van der Waals surface area contributed by atoms with Crippen LogP contribution in [-0.2, 0) is 5.54 Å². The number of hydrogen-bond acceptors (Lipinski definition) is 1. The zero-order valence-electron chi connectivity index (χ0n) is 7.38. The van der Waals surface area contributed by atoms with E-state index in [9.17, 15) is 17.6 Å². The van der Waals surface area contributed by atoms with Crippen LogP contribution in [0, 0.1) is 23.3 Å². The fourth-order valence-corrected chi connectivity index (χ4v) is 1.59. The Balaban J connectivity index is 2.74. The lowest BCUT2D eigenvalue weighted by Gasteiger charge is -2.13. The van der Waals surface area contributed by atoms with E-state index < -0.39 is 39.4 Å². The van der Waals surface area contributed by atoms with E-state index in [0.29, 0.717) is 12.8 Å². The van der Waals surface area contributed by atoms with Crippen molar-refractivity contribution in [3.8, 4) is 0 Å². The monoisotopic (exact) mass is 239 g/mol. The maximum Gasteiger partial charge on any atom is 0.180 e. The van der Waals surface area contributed by atoms with Gasteiger partial charge in [0, 0.05) is 11.1 Å². The molecule has 0 amide bonds. The molecule has 0 bridgehead atoms. The highest BCUT2D eigenvalue weighted by Crippen LogP contribution is 2.46. The number of hydrogen-bond donors (Lipinski definition) is 1. The third-order valence-electron chi connectivity index (χ3n) is 2.50. The highest BCUT2D eigenvalue weighted by molar-refractivity contribution is 6.30. The second kappa shape index (κ2) is 3.09. The molecule has 0 atom stereocenters. The Kier molecular flexibility index (Phi) is 2.20. The molecule has 1 aliphatic rings. The summed E-state index contributed by atoms with van der Waals surface area (Å²) in [5.41, 5.74) is 3.46. The van der Waals surface area contributed by atoms with Gasteiger partial charge in [0.1, 0.15) is 5.02 Å². The van der Waals surface area contributed by atoms with Gasteiger partial charge in [0.05, 0.1) is 0 Å².